The highest BCUT2D eigenvalue weighted by molar-refractivity contribution is 5.55. The molecular weight excluding hydrogens is 286 g/mol. The molecule has 2 heterocycles. The maximum Gasteiger partial charge on any atom is 0.250 e. The molecule has 4 heteroatoms. The summed E-state index contributed by atoms with van der Waals surface area (Å²) in [6, 6.07) is 10.4. The molecule has 0 radical (unpaired) electrons. The van der Waals surface area contributed by atoms with Gasteiger partial charge in [0.2, 0.25) is 0 Å². The molecule has 3 rings (SSSR count). The highest BCUT2D eigenvalue weighted by atomic mass is 16.1. The summed E-state index contributed by atoms with van der Waals surface area (Å²) in [5.41, 5.74) is 5.19. The van der Waals surface area contributed by atoms with Gasteiger partial charge in [0.05, 0.1) is 0 Å². The lowest BCUT2D eigenvalue weighted by molar-refractivity contribution is 0.249. The number of aryl methyl sites for hydroxylation is 3. The fourth-order valence-electron chi connectivity index (χ4n) is 3.15. The number of pyridine rings is 1. The summed E-state index contributed by atoms with van der Waals surface area (Å²) >= 11 is 0. The molecule has 1 fully saturated rings. The van der Waals surface area contributed by atoms with Gasteiger partial charge < -0.3 is 9.47 Å². The molecule has 4 nitrogen and oxygen atoms in total. The molecule has 1 aromatic carbocycles. The van der Waals surface area contributed by atoms with E-state index in [1.807, 2.05) is 12.3 Å². The second-order valence-electron chi connectivity index (χ2n) is 6.54. The molecule has 0 unspecified atom stereocenters. The molecule has 23 heavy (non-hydrogen) atoms. The number of benzene rings is 1. The van der Waals surface area contributed by atoms with Gasteiger partial charge in [-0.2, -0.15) is 0 Å². The molecule has 1 saturated heterocycles. The predicted molar refractivity (Wildman–Crippen MR) is 95.1 cm³/mol. The summed E-state index contributed by atoms with van der Waals surface area (Å²) in [7, 11) is 1.79. The van der Waals surface area contributed by atoms with Gasteiger partial charge in [0.1, 0.15) is 0 Å². The minimum Gasteiger partial charge on any atom is -0.369 e. The Labute approximate surface area is 138 Å². The number of anilines is 1. The largest absolute Gasteiger partial charge is 0.369 e. The summed E-state index contributed by atoms with van der Waals surface area (Å²) in [5.74, 6) is 0. The van der Waals surface area contributed by atoms with Crippen LogP contribution in [0.4, 0.5) is 5.69 Å². The van der Waals surface area contributed by atoms with Crippen LogP contribution in [0.2, 0.25) is 0 Å². The van der Waals surface area contributed by atoms with Crippen LogP contribution < -0.4 is 10.5 Å². The first kappa shape index (κ1) is 15.8. The van der Waals surface area contributed by atoms with E-state index in [2.05, 4.69) is 41.8 Å². The maximum atomic E-state index is 11.7. The van der Waals surface area contributed by atoms with Gasteiger partial charge in [0, 0.05) is 57.7 Å². The van der Waals surface area contributed by atoms with Crippen LogP contribution >= 0.6 is 0 Å². The van der Waals surface area contributed by atoms with Crippen molar-refractivity contribution in [3.63, 3.8) is 0 Å². The van der Waals surface area contributed by atoms with Gasteiger partial charge in [-0.25, -0.2) is 0 Å². The summed E-state index contributed by atoms with van der Waals surface area (Å²) in [6.07, 6.45) is 1.85. The van der Waals surface area contributed by atoms with Crippen molar-refractivity contribution < 1.29 is 0 Å². The van der Waals surface area contributed by atoms with E-state index in [4.69, 9.17) is 0 Å². The second-order valence-corrected chi connectivity index (χ2v) is 6.54. The van der Waals surface area contributed by atoms with E-state index in [-0.39, 0.29) is 5.56 Å². The lowest BCUT2D eigenvalue weighted by atomic mass is 10.1. The van der Waals surface area contributed by atoms with Crippen molar-refractivity contribution in [3.05, 3.63) is 63.6 Å². The van der Waals surface area contributed by atoms with Crippen molar-refractivity contribution in [1.29, 1.82) is 0 Å². The third-order valence-electron chi connectivity index (χ3n) is 4.65. The highest BCUT2D eigenvalue weighted by Crippen LogP contribution is 2.23. The Morgan fingerprint density at radius 3 is 2.43 bits per heavy atom. The Morgan fingerprint density at radius 1 is 1.00 bits per heavy atom. The van der Waals surface area contributed by atoms with Gasteiger partial charge in [0.25, 0.3) is 5.56 Å². The van der Waals surface area contributed by atoms with Crippen LogP contribution in [0.5, 0.6) is 0 Å². The van der Waals surface area contributed by atoms with Crippen molar-refractivity contribution in [1.82, 2.24) is 9.47 Å². The van der Waals surface area contributed by atoms with Gasteiger partial charge >= 0.3 is 0 Å². The van der Waals surface area contributed by atoms with Crippen LogP contribution in [0.15, 0.2) is 41.3 Å². The molecule has 1 aliphatic heterocycles. The van der Waals surface area contributed by atoms with E-state index in [1.165, 1.54) is 16.8 Å². The Hall–Kier alpha value is -2.07. The van der Waals surface area contributed by atoms with E-state index in [9.17, 15) is 4.79 Å². The molecule has 1 aliphatic rings. The van der Waals surface area contributed by atoms with Crippen LogP contribution in [0.25, 0.3) is 0 Å². The van der Waals surface area contributed by atoms with E-state index in [0.29, 0.717) is 0 Å². The number of aromatic nitrogens is 1. The summed E-state index contributed by atoms with van der Waals surface area (Å²) < 4.78 is 1.61. The normalized spacial score (nSPS) is 15.9. The molecule has 0 spiro atoms. The van der Waals surface area contributed by atoms with Crippen molar-refractivity contribution in [2.75, 3.05) is 31.1 Å². The third kappa shape index (κ3) is 3.64. The highest BCUT2D eigenvalue weighted by Gasteiger charge is 2.18. The molecular formula is C19H25N3O. The molecule has 0 saturated carbocycles. The van der Waals surface area contributed by atoms with E-state index >= 15 is 0 Å². The fourth-order valence-corrected chi connectivity index (χ4v) is 3.15. The number of nitrogens with zero attached hydrogens (tertiary/aromatic N) is 3. The Balaban J connectivity index is 1.63. The Bertz CT molecular complexity index is 743. The zero-order valence-corrected chi connectivity index (χ0v) is 14.2. The number of rotatable bonds is 3. The first-order chi connectivity index (χ1) is 11.0. The summed E-state index contributed by atoms with van der Waals surface area (Å²) in [5, 5.41) is 0. The fraction of sp³-hybridized carbons (Fsp3) is 0.421. The average Bonchev–Trinajstić information content (AvgIpc) is 2.54. The van der Waals surface area contributed by atoms with Crippen LogP contribution in [0.3, 0.4) is 0 Å². The molecule has 0 amide bonds. The van der Waals surface area contributed by atoms with Crippen molar-refractivity contribution >= 4 is 5.69 Å². The third-order valence-corrected chi connectivity index (χ3v) is 4.65. The zero-order chi connectivity index (χ0) is 16.4. The van der Waals surface area contributed by atoms with Crippen molar-refractivity contribution in [2.45, 2.75) is 20.4 Å². The average molecular weight is 311 g/mol. The molecule has 0 atom stereocenters. The number of piperazine rings is 1. The quantitative estimate of drug-likeness (QED) is 0.871. The molecule has 0 aliphatic carbocycles. The van der Waals surface area contributed by atoms with Crippen molar-refractivity contribution in [3.8, 4) is 0 Å². The van der Waals surface area contributed by atoms with Crippen molar-refractivity contribution in [2.24, 2.45) is 7.05 Å². The smallest absolute Gasteiger partial charge is 0.250 e. The Kier molecular flexibility index (Phi) is 4.53. The number of hydrogen-bond donors (Lipinski definition) is 0. The first-order valence-corrected chi connectivity index (χ1v) is 8.23. The molecule has 2 aromatic rings. The van der Waals surface area contributed by atoms with Gasteiger partial charge in [-0.15, -0.1) is 0 Å². The van der Waals surface area contributed by atoms with E-state index in [0.717, 1.165) is 38.3 Å². The monoisotopic (exact) mass is 311 g/mol. The van der Waals surface area contributed by atoms with E-state index < -0.39 is 0 Å². The topological polar surface area (TPSA) is 28.5 Å². The Morgan fingerprint density at radius 2 is 1.74 bits per heavy atom. The predicted octanol–water partition coefficient (Wildman–Crippen LogP) is 2.32. The number of hydrogen-bond acceptors (Lipinski definition) is 3. The lowest BCUT2D eigenvalue weighted by Crippen LogP contribution is -2.46. The molecule has 1 aromatic heterocycles. The molecule has 0 N–H and O–H groups in total. The van der Waals surface area contributed by atoms with Crippen LogP contribution in [-0.4, -0.2) is 35.6 Å². The SMILES string of the molecule is Cc1ccc(C)c(N2CCN(Cc3ccn(C)c(=O)c3)CC2)c1. The van der Waals surface area contributed by atoms with E-state index in [1.54, 1.807) is 17.7 Å². The zero-order valence-electron chi connectivity index (χ0n) is 14.2. The standard InChI is InChI=1S/C19H25N3O/c1-15-4-5-16(2)18(12-15)22-10-8-21(9-11-22)14-17-6-7-20(3)19(23)13-17/h4-7,12-13H,8-11,14H2,1-3H3. The minimum atomic E-state index is 0.0662. The lowest BCUT2D eigenvalue weighted by Gasteiger charge is -2.37. The van der Waals surface area contributed by atoms with Gasteiger partial charge in [-0.3, -0.25) is 9.69 Å². The second kappa shape index (κ2) is 6.59. The molecule has 122 valence electrons. The van der Waals surface area contributed by atoms with Gasteiger partial charge in [-0.05, 0) is 42.7 Å². The van der Waals surface area contributed by atoms with Gasteiger partial charge in [0.15, 0.2) is 0 Å². The first-order valence-electron chi connectivity index (χ1n) is 8.23. The minimum absolute atomic E-state index is 0.0662. The van der Waals surface area contributed by atoms with Crippen LogP contribution in [0, 0.1) is 13.8 Å². The molecule has 0 bridgehead atoms. The van der Waals surface area contributed by atoms with Gasteiger partial charge in [-0.1, -0.05) is 12.1 Å². The van der Waals surface area contributed by atoms with Crippen LogP contribution in [0.1, 0.15) is 16.7 Å². The maximum absolute atomic E-state index is 11.7. The summed E-state index contributed by atoms with van der Waals surface area (Å²) in [6.45, 7) is 9.32. The van der Waals surface area contributed by atoms with Crippen LogP contribution in [-0.2, 0) is 13.6 Å². The summed E-state index contributed by atoms with van der Waals surface area (Å²) in [4.78, 5) is 16.6.